The molecule has 1 aromatic carbocycles. The highest BCUT2D eigenvalue weighted by molar-refractivity contribution is 6.37. The second-order valence-electron chi connectivity index (χ2n) is 5.19. The minimum absolute atomic E-state index is 0.290. The van der Waals surface area contributed by atoms with E-state index < -0.39 is 0 Å². The van der Waals surface area contributed by atoms with Gasteiger partial charge in [0.05, 0.1) is 22.8 Å². The van der Waals surface area contributed by atoms with Crippen molar-refractivity contribution < 1.29 is 9.47 Å². The maximum atomic E-state index is 6.21. The van der Waals surface area contributed by atoms with E-state index in [1.165, 1.54) is 0 Å². The molecule has 3 nitrogen and oxygen atoms in total. The summed E-state index contributed by atoms with van der Waals surface area (Å²) in [7, 11) is 0. The molecule has 0 aromatic heterocycles. The van der Waals surface area contributed by atoms with E-state index in [1.54, 1.807) is 0 Å². The first-order valence-corrected chi connectivity index (χ1v) is 8.23. The van der Waals surface area contributed by atoms with E-state index in [-0.39, 0.29) is 0 Å². The van der Waals surface area contributed by atoms with Crippen molar-refractivity contribution >= 4 is 23.2 Å². The maximum Gasteiger partial charge on any atom is 0.156 e. The zero-order valence-corrected chi connectivity index (χ0v) is 14.6. The molecule has 0 spiro atoms. The number of halogens is 2. The molecule has 0 heterocycles. The Morgan fingerprint density at radius 2 is 1.81 bits per heavy atom. The molecule has 5 heteroatoms. The summed E-state index contributed by atoms with van der Waals surface area (Å²) in [6.07, 6.45) is 2.20. The smallest absolute Gasteiger partial charge is 0.156 e. The van der Waals surface area contributed by atoms with Crippen LogP contribution in [-0.4, -0.2) is 25.9 Å². The van der Waals surface area contributed by atoms with Crippen LogP contribution in [0.25, 0.3) is 0 Å². The first-order chi connectivity index (χ1) is 10.0. The second kappa shape index (κ2) is 10.3. The van der Waals surface area contributed by atoms with E-state index in [1.807, 2.05) is 32.9 Å². The van der Waals surface area contributed by atoms with Gasteiger partial charge in [0.1, 0.15) is 0 Å². The lowest BCUT2D eigenvalue weighted by Crippen LogP contribution is -2.17. The number of hydrogen-bond donors (Lipinski definition) is 1. The van der Waals surface area contributed by atoms with Gasteiger partial charge in [0.25, 0.3) is 0 Å². The van der Waals surface area contributed by atoms with Crippen molar-refractivity contribution in [3.8, 4) is 5.75 Å². The highest BCUT2D eigenvalue weighted by atomic mass is 35.5. The molecule has 0 radical (unpaired) electrons. The third-order valence-electron chi connectivity index (χ3n) is 2.79. The van der Waals surface area contributed by atoms with Crippen LogP contribution in [0.3, 0.4) is 0 Å². The summed E-state index contributed by atoms with van der Waals surface area (Å²) in [6.45, 7) is 9.15. The average molecular weight is 334 g/mol. The van der Waals surface area contributed by atoms with Crippen LogP contribution in [0.4, 0.5) is 0 Å². The van der Waals surface area contributed by atoms with E-state index in [2.05, 4.69) is 5.32 Å². The monoisotopic (exact) mass is 333 g/mol. The summed E-state index contributed by atoms with van der Waals surface area (Å²) in [5.74, 6) is 0.578. The predicted molar refractivity (Wildman–Crippen MR) is 89.7 cm³/mol. The molecule has 21 heavy (non-hydrogen) atoms. The van der Waals surface area contributed by atoms with Gasteiger partial charge in [-0.15, -0.1) is 0 Å². The van der Waals surface area contributed by atoms with Crippen LogP contribution in [-0.2, 0) is 11.3 Å². The molecule has 1 N–H and O–H groups in total. The summed E-state index contributed by atoms with van der Waals surface area (Å²) in [5.41, 5.74) is 1.05. The summed E-state index contributed by atoms with van der Waals surface area (Å²) >= 11 is 12.4. The van der Waals surface area contributed by atoms with Crippen molar-refractivity contribution in [1.82, 2.24) is 5.32 Å². The van der Waals surface area contributed by atoms with Crippen molar-refractivity contribution in [2.75, 3.05) is 19.8 Å². The van der Waals surface area contributed by atoms with Gasteiger partial charge in [-0.1, -0.05) is 30.1 Å². The SMILES string of the molecule is CCCOc1c(Cl)cc(CNCCCOC(C)C)cc1Cl. The Morgan fingerprint density at radius 1 is 1.14 bits per heavy atom. The van der Waals surface area contributed by atoms with Crippen LogP contribution < -0.4 is 10.1 Å². The van der Waals surface area contributed by atoms with Gasteiger partial charge >= 0.3 is 0 Å². The van der Waals surface area contributed by atoms with Crippen molar-refractivity contribution in [3.05, 3.63) is 27.7 Å². The highest BCUT2D eigenvalue weighted by Gasteiger charge is 2.09. The van der Waals surface area contributed by atoms with Crippen molar-refractivity contribution in [2.45, 2.75) is 46.3 Å². The summed E-state index contributed by atoms with van der Waals surface area (Å²) < 4.78 is 11.0. The van der Waals surface area contributed by atoms with Crippen LogP contribution >= 0.6 is 23.2 Å². The highest BCUT2D eigenvalue weighted by Crippen LogP contribution is 2.34. The molecule has 0 aliphatic rings. The lowest BCUT2D eigenvalue weighted by Gasteiger charge is -2.12. The lowest BCUT2D eigenvalue weighted by atomic mass is 10.2. The largest absolute Gasteiger partial charge is 0.490 e. The van der Waals surface area contributed by atoms with E-state index in [4.69, 9.17) is 32.7 Å². The molecular formula is C16H25Cl2NO2. The number of rotatable bonds is 10. The van der Waals surface area contributed by atoms with Crippen molar-refractivity contribution in [1.29, 1.82) is 0 Å². The van der Waals surface area contributed by atoms with Gasteiger partial charge in [-0.3, -0.25) is 0 Å². The third-order valence-corrected chi connectivity index (χ3v) is 3.35. The Hall–Kier alpha value is -0.480. The summed E-state index contributed by atoms with van der Waals surface area (Å²) in [4.78, 5) is 0. The van der Waals surface area contributed by atoms with E-state index in [0.29, 0.717) is 28.5 Å². The number of nitrogens with one attached hydrogen (secondary N) is 1. The zero-order valence-electron chi connectivity index (χ0n) is 13.0. The van der Waals surface area contributed by atoms with Gasteiger partial charge in [-0.2, -0.15) is 0 Å². The van der Waals surface area contributed by atoms with Gasteiger partial charge in [0.15, 0.2) is 5.75 Å². The fourth-order valence-electron chi connectivity index (χ4n) is 1.81. The molecule has 120 valence electrons. The molecule has 0 unspecified atom stereocenters. The van der Waals surface area contributed by atoms with E-state index in [0.717, 1.165) is 38.1 Å². The Bertz CT molecular complexity index is 402. The third kappa shape index (κ3) is 7.37. The Kier molecular flexibility index (Phi) is 9.09. The summed E-state index contributed by atoms with van der Waals surface area (Å²) in [6, 6.07) is 3.80. The molecule has 0 aliphatic heterocycles. The summed E-state index contributed by atoms with van der Waals surface area (Å²) in [5, 5.41) is 4.49. The number of hydrogen-bond acceptors (Lipinski definition) is 3. The minimum atomic E-state index is 0.290. The lowest BCUT2D eigenvalue weighted by molar-refractivity contribution is 0.0770. The van der Waals surface area contributed by atoms with Gasteiger partial charge < -0.3 is 14.8 Å². The maximum absolute atomic E-state index is 6.21. The first kappa shape index (κ1) is 18.6. The first-order valence-electron chi connectivity index (χ1n) is 7.47. The van der Waals surface area contributed by atoms with Crippen LogP contribution in [0.2, 0.25) is 10.0 Å². The molecule has 0 atom stereocenters. The molecule has 1 rings (SSSR count). The standard InChI is InChI=1S/C16H25Cl2NO2/c1-4-7-21-16-14(17)9-13(10-15(16)18)11-19-6-5-8-20-12(2)3/h9-10,12,19H,4-8,11H2,1-3H3. The molecule has 0 fully saturated rings. The normalized spacial score (nSPS) is 11.1. The topological polar surface area (TPSA) is 30.5 Å². The molecular weight excluding hydrogens is 309 g/mol. The van der Waals surface area contributed by atoms with Crippen LogP contribution in [0.15, 0.2) is 12.1 Å². The van der Waals surface area contributed by atoms with Crippen molar-refractivity contribution in [3.63, 3.8) is 0 Å². The second-order valence-corrected chi connectivity index (χ2v) is 6.00. The quantitative estimate of drug-likeness (QED) is 0.630. The molecule has 0 saturated carbocycles. The molecule has 0 aliphatic carbocycles. The molecule has 0 saturated heterocycles. The predicted octanol–water partition coefficient (Wildman–Crippen LogP) is 4.69. The Balaban J connectivity index is 2.39. The molecule has 1 aromatic rings. The Labute approximate surface area is 137 Å². The number of ether oxygens (including phenoxy) is 2. The Morgan fingerprint density at radius 3 is 2.38 bits per heavy atom. The zero-order chi connectivity index (χ0) is 15.7. The fourth-order valence-corrected chi connectivity index (χ4v) is 2.45. The van der Waals surface area contributed by atoms with Crippen LogP contribution in [0, 0.1) is 0 Å². The van der Waals surface area contributed by atoms with Crippen LogP contribution in [0.5, 0.6) is 5.75 Å². The van der Waals surface area contributed by atoms with Gasteiger partial charge in [0, 0.05) is 13.2 Å². The minimum Gasteiger partial charge on any atom is -0.490 e. The molecule has 0 amide bonds. The molecule has 0 bridgehead atoms. The number of benzene rings is 1. The van der Waals surface area contributed by atoms with Gasteiger partial charge in [0.2, 0.25) is 0 Å². The average Bonchev–Trinajstić information content (AvgIpc) is 2.41. The van der Waals surface area contributed by atoms with Gasteiger partial charge in [-0.05, 0) is 50.9 Å². The van der Waals surface area contributed by atoms with E-state index >= 15 is 0 Å². The van der Waals surface area contributed by atoms with Gasteiger partial charge in [-0.25, -0.2) is 0 Å². The van der Waals surface area contributed by atoms with E-state index in [9.17, 15) is 0 Å². The van der Waals surface area contributed by atoms with Crippen molar-refractivity contribution in [2.24, 2.45) is 0 Å². The van der Waals surface area contributed by atoms with Crippen LogP contribution in [0.1, 0.15) is 39.2 Å². The fraction of sp³-hybridized carbons (Fsp3) is 0.625.